The summed E-state index contributed by atoms with van der Waals surface area (Å²) in [6, 6.07) is 8.82. The van der Waals surface area contributed by atoms with Gasteiger partial charge >= 0.3 is 0 Å². The van der Waals surface area contributed by atoms with Gasteiger partial charge in [-0.25, -0.2) is 4.98 Å². The van der Waals surface area contributed by atoms with Crippen LogP contribution in [-0.4, -0.2) is 9.91 Å². The monoisotopic (exact) mass is 222 g/mol. The fraction of sp³-hybridized carbons (Fsp3) is 0.100. The van der Waals surface area contributed by atoms with Crippen LogP contribution >= 0.6 is 11.6 Å². The minimum Gasteiger partial charge on any atom is -0.264 e. The van der Waals surface area contributed by atoms with Gasteiger partial charge in [-0.2, -0.15) is 0 Å². The van der Waals surface area contributed by atoms with Crippen molar-refractivity contribution in [2.45, 2.75) is 6.54 Å². The summed E-state index contributed by atoms with van der Waals surface area (Å²) in [5.41, 5.74) is 1.06. The number of para-hydroxylation sites is 1. The third-order valence-electron chi connectivity index (χ3n) is 2.01. The quantitative estimate of drug-likeness (QED) is 0.580. The maximum absolute atomic E-state index is 10.3. The number of benzene rings is 1. The van der Waals surface area contributed by atoms with Crippen LogP contribution in [-0.2, 0) is 6.54 Å². The molecule has 0 atom stereocenters. The van der Waals surface area contributed by atoms with Crippen LogP contribution in [0.3, 0.4) is 0 Å². The highest BCUT2D eigenvalue weighted by molar-refractivity contribution is 6.35. The van der Waals surface area contributed by atoms with Gasteiger partial charge in [-0.3, -0.25) is 10.1 Å². The number of rotatable bonds is 2. The molecule has 0 fully saturated rings. The van der Waals surface area contributed by atoms with E-state index in [9.17, 15) is 10.1 Å². The van der Waals surface area contributed by atoms with E-state index in [1.54, 1.807) is 6.07 Å². The molecule has 15 heavy (non-hydrogen) atoms. The van der Waals surface area contributed by atoms with Crippen molar-refractivity contribution in [2.75, 3.05) is 0 Å². The van der Waals surface area contributed by atoms with Crippen molar-refractivity contribution in [3.05, 3.63) is 51.2 Å². The number of fused-ring (bicyclic) bond motifs is 1. The summed E-state index contributed by atoms with van der Waals surface area (Å²) in [7, 11) is 0. The van der Waals surface area contributed by atoms with E-state index in [2.05, 4.69) is 4.98 Å². The summed E-state index contributed by atoms with van der Waals surface area (Å²) in [4.78, 5) is 14.1. The Labute approximate surface area is 90.7 Å². The van der Waals surface area contributed by atoms with E-state index >= 15 is 0 Å². The van der Waals surface area contributed by atoms with Crippen LogP contribution < -0.4 is 0 Å². The first-order chi connectivity index (χ1) is 7.16. The predicted molar refractivity (Wildman–Crippen MR) is 57.5 cm³/mol. The Hall–Kier alpha value is -1.68. The second-order valence-electron chi connectivity index (χ2n) is 3.10. The predicted octanol–water partition coefficient (Wildman–Crippen LogP) is 2.66. The molecule has 0 aliphatic heterocycles. The van der Waals surface area contributed by atoms with Crippen LogP contribution in [0.4, 0.5) is 0 Å². The zero-order chi connectivity index (χ0) is 10.8. The molecular formula is C10H7ClN2O2. The van der Waals surface area contributed by atoms with Gasteiger partial charge in [0.2, 0.25) is 6.54 Å². The van der Waals surface area contributed by atoms with E-state index in [4.69, 9.17) is 11.6 Å². The van der Waals surface area contributed by atoms with Gasteiger partial charge in [0.1, 0.15) is 5.69 Å². The van der Waals surface area contributed by atoms with Crippen LogP contribution in [0.5, 0.6) is 0 Å². The molecule has 1 heterocycles. The lowest BCUT2D eigenvalue weighted by Crippen LogP contribution is -2.00. The number of halogens is 1. The van der Waals surface area contributed by atoms with Gasteiger partial charge in [0.25, 0.3) is 0 Å². The molecule has 76 valence electrons. The molecule has 0 N–H and O–H groups in total. The van der Waals surface area contributed by atoms with Crippen LogP contribution in [0.2, 0.25) is 5.02 Å². The van der Waals surface area contributed by atoms with E-state index in [1.165, 1.54) is 6.07 Å². The van der Waals surface area contributed by atoms with Crippen molar-refractivity contribution in [2.24, 2.45) is 0 Å². The Balaban J connectivity index is 2.57. The number of hydrogen-bond donors (Lipinski definition) is 0. The van der Waals surface area contributed by atoms with Gasteiger partial charge in [0, 0.05) is 10.3 Å². The van der Waals surface area contributed by atoms with Gasteiger partial charge < -0.3 is 0 Å². The largest absolute Gasteiger partial charge is 0.264 e. The molecule has 1 aromatic carbocycles. The van der Waals surface area contributed by atoms with Crippen LogP contribution in [0, 0.1) is 10.1 Å². The minimum atomic E-state index is -0.423. The molecule has 0 spiro atoms. The van der Waals surface area contributed by atoms with E-state index in [0.29, 0.717) is 16.2 Å². The van der Waals surface area contributed by atoms with E-state index in [0.717, 1.165) is 5.39 Å². The smallest absolute Gasteiger partial charge is 0.245 e. The number of aromatic nitrogens is 1. The highest BCUT2D eigenvalue weighted by Gasteiger charge is 2.07. The summed E-state index contributed by atoms with van der Waals surface area (Å²) < 4.78 is 0. The fourth-order valence-electron chi connectivity index (χ4n) is 1.40. The van der Waals surface area contributed by atoms with Crippen molar-refractivity contribution in [1.29, 1.82) is 0 Å². The summed E-state index contributed by atoms with van der Waals surface area (Å²) >= 11 is 5.98. The number of pyridine rings is 1. The zero-order valence-electron chi connectivity index (χ0n) is 7.68. The SMILES string of the molecule is O=[N+]([O-])Cc1cc(Cl)c2ccccc2n1. The summed E-state index contributed by atoms with van der Waals surface area (Å²) in [5.74, 6) is 0. The first-order valence-corrected chi connectivity index (χ1v) is 4.70. The van der Waals surface area contributed by atoms with Crippen molar-refractivity contribution in [1.82, 2.24) is 4.98 Å². The molecule has 2 aromatic rings. The molecule has 0 unspecified atom stereocenters. The van der Waals surface area contributed by atoms with E-state index < -0.39 is 4.92 Å². The lowest BCUT2D eigenvalue weighted by Gasteiger charge is -2.01. The number of hydrogen-bond acceptors (Lipinski definition) is 3. The highest BCUT2D eigenvalue weighted by atomic mass is 35.5. The molecule has 1 aromatic heterocycles. The summed E-state index contributed by atoms with van der Waals surface area (Å²) in [6.45, 7) is -0.301. The summed E-state index contributed by atoms with van der Waals surface area (Å²) in [6.07, 6.45) is 0. The molecule has 0 radical (unpaired) electrons. The average molecular weight is 223 g/mol. The Morgan fingerprint density at radius 1 is 1.40 bits per heavy atom. The first kappa shape index (κ1) is 9.86. The molecule has 0 bridgehead atoms. The molecule has 0 aliphatic rings. The Morgan fingerprint density at radius 3 is 2.87 bits per heavy atom. The van der Waals surface area contributed by atoms with Crippen molar-refractivity contribution >= 4 is 22.5 Å². The van der Waals surface area contributed by atoms with Gasteiger partial charge in [-0.1, -0.05) is 29.8 Å². The van der Waals surface area contributed by atoms with Gasteiger partial charge in [-0.15, -0.1) is 0 Å². The maximum atomic E-state index is 10.3. The standard InChI is InChI=1S/C10H7ClN2O2/c11-9-5-7(6-13(14)15)12-10-4-2-1-3-8(9)10/h1-5H,6H2. The Morgan fingerprint density at radius 2 is 2.13 bits per heavy atom. The van der Waals surface area contributed by atoms with Crippen LogP contribution in [0.1, 0.15) is 5.69 Å². The fourth-order valence-corrected chi connectivity index (χ4v) is 1.68. The number of nitrogens with zero attached hydrogens (tertiary/aromatic N) is 2. The van der Waals surface area contributed by atoms with Crippen molar-refractivity contribution in [3.63, 3.8) is 0 Å². The highest BCUT2D eigenvalue weighted by Crippen LogP contribution is 2.22. The molecule has 0 saturated heterocycles. The molecular weight excluding hydrogens is 216 g/mol. The molecule has 0 amide bonds. The van der Waals surface area contributed by atoms with Gasteiger partial charge in [0.05, 0.1) is 10.5 Å². The third kappa shape index (κ3) is 2.05. The van der Waals surface area contributed by atoms with E-state index in [1.807, 2.05) is 18.2 Å². The molecule has 2 rings (SSSR count). The lowest BCUT2D eigenvalue weighted by molar-refractivity contribution is -0.497. The van der Waals surface area contributed by atoms with E-state index in [-0.39, 0.29) is 6.54 Å². The molecule has 0 aliphatic carbocycles. The molecule has 0 saturated carbocycles. The second-order valence-corrected chi connectivity index (χ2v) is 3.51. The second kappa shape index (κ2) is 3.82. The van der Waals surface area contributed by atoms with Gasteiger partial charge in [-0.05, 0) is 12.1 Å². The Bertz CT molecular complexity index is 528. The average Bonchev–Trinajstić information content (AvgIpc) is 2.16. The third-order valence-corrected chi connectivity index (χ3v) is 2.32. The first-order valence-electron chi connectivity index (χ1n) is 4.33. The van der Waals surface area contributed by atoms with Gasteiger partial charge in [0.15, 0.2) is 0 Å². The topological polar surface area (TPSA) is 56.0 Å². The normalized spacial score (nSPS) is 10.5. The molecule has 5 heteroatoms. The summed E-state index contributed by atoms with van der Waals surface area (Å²) in [5, 5.41) is 11.6. The van der Waals surface area contributed by atoms with Crippen molar-refractivity contribution < 1.29 is 4.92 Å². The van der Waals surface area contributed by atoms with Crippen LogP contribution in [0.15, 0.2) is 30.3 Å². The minimum absolute atomic E-state index is 0.301. The molecule has 4 nitrogen and oxygen atoms in total. The van der Waals surface area contributed by atoms with Crippen LogP contribution in [0.25, 0.3) is 10.9 Å². The maximum Gasteiger partial charge on any atom is 0.245 e. The Kier molecular flexibility index (Phi) is 2.51. The zero-order valence-corrected chi connectivity index (χ0v) is 8.44. The number of nitro groups is 1. The lowest BCUT2D eigenvalue weighted by atomic mass is 10.2. The van der Waals surface area contributed by atoms with Crippen molar-refractivity contribution in [3.8, 4) is 0 Å².